The van der Waals surface area contributed by atoms with Gasteiger partial charge in [0.15, 0.2) is 0 Å². The third-order valence-corrected chi connectivity index (χ3v) is 3.20. The lowest BCUT2D eigenvalue weighted by molar-refractivity contribution is -0.00573. The van der Waals surface area contributed by atoms with Crippen LogP contribution in [0.5, 0.6) is 0 Å². The van der Waals surface area contributed by atoms with Gasteiger partial charge in [-0.1, -0.05) is 0 Å². The lowest BCUT2D eigenvalue weighted by atomic mass is 10.2. The number of aromatic nitrogens is 2. The van der Waals surface area contributed by atoms with Crippen LogP contribution in [0.25, 0.3) is 0 Å². The number of ether oxygens (including phenoxy) is 1. The molecule has 0 bridgehead atoms. The fourth-order valence-corrected chi connectivity index (χ4v) is 2.37. The Hall–Kier alpha value is -0.870. The van der Waals surface area contributed by atoms with E-state index >= 15 is 0 Å². The highest BCUT2D eigenvalue weighted by molar-refractivity contribution is 6.17. The number of nitrogens with zero attached hydrogens (tertiary/aromatic N) is 3. The summed E-state index contributed by atoms with van der Waals surface area (Å²) in [5.41, 5.74) is 1.95. The molecule has 0 aliphatic carbocycles. The number of halogens is 1. The lowest BCUT2D eigenvalue weighted by Crippen LogP contribution is -2.46. The maximum atomic E-state index is 5.80. The van der Waals surface area contributed by atoms with Crippen molar-refractivity contribution in [1.29, 1.82) is 0 Å². The minimum absolute atomic E-state index is 0.218. The highest BCUT2D eigenvalue weighted by atomic mass is 35.5. The van der Waals surface area contributed by atoms with Gasteiger partial charge in [0.2, 0.25) is 5.95 Å². The molecule has 1 aliphatic rings. The van der Waals surface area contributed by atoms with Crippen molar-refractivity contribution in [2.75, 3.05) is 18.0 Å². The Morgan fingerprint density at radius 2 is 2.06 bits per heavy atom. The molecule has 0 amide bonds. The highest BCUT2D eigenvalue weighted by Crippen LogP contribution is 2.18. The van der Waals surface area contributed by atoms with Gasteiger partial charge < -0.3 is 9.64 Å². The molecular weight excluding hydrogens is 238 g/mol. The Morgan fingerprint density at radius 3 is 2.59 bits per heavy atom. The third kappa shape index (κ3) is 2.87. The Balaban J connectivity index is 2.19. The molecule has 2 heterocycles. The molecule has 1 aliphatic heterocycles. The zero-order chi connectivity index (χ0) is 12.4. The fraction of sp³-hybridized carbons (Fsp3) is 0.667. The van der Waals surface area contributed by atoms with E-state index < -0.39 is 0 Å². The maximum Gasteiger partial charge on any atom is 0.225 e. The number of rotatable bonds is 2. The van der Waals surface area contributed by atoms with Crippen molar-refractivity contribution < 1.29 is 4.74 Å². The minimum atomic E-state index is 0.218. The molecule has 17 heavy (non-hydrogen) atoms. The molecule has 4 nitrogen and oxygen atoms in total. The van der Waals surface area contributed by atoms with Crippen LogP contribution in [-0.4, -0.2) is 35.3 Å². The molecule has 0 N–H and O–H groups in total. The van der Waals surface area contributed by atoms with Crippen LogP contribution in [0.15, 0.2) is 6.20 Å². The van der Waals surface area contributed by atoms with Gasteiger partial charge in [-0.25, -0.2) is 9.97 Å². The summed E-state index contributed by atoms with van der Waals surface area (Å²) in [4.78, 5) is 11.1. The molecule has 2 rings (SSSR count). The molecule has 0 spiro atoms. The van der Waals surface area contributed by atoms with E-state index in [2.05, 4.69) is 28.7 Å². The number of hydrogen-bond acceptors (Lipinski definition) is 4. The second-order valence-electron chi connectivity index (χ2n) is 4.58. The van der Waals surface area contributed by atoms with Gasteiger partial charge in [0.05, 0.1) is 18.1 Å². The van der Waals surface area contributed by atoms with Crippen molar-refractivity contribution in [2.24, 2.45) is 0 Å². The predicted molar refractivity (Wildman–Crippen MR) is 68.5 cm³/mol. The first-order valence-electron chi connectivity index (χ1n) is 5.89. The van der Waals surface area contributed by atoms with Gasteiger partial charge in [-0.15, -0.1) is 11.6 Å². The first-order valence-corrected chi connectivity index (χ1v) is 6.42. The molecule has 1 fully saturated rings. The van der Waals surface area contributed by atoms with Crippen LogP contribution in [-0.2, 0) is 10.6 Å². The SMILES string of the molecule is Cc1nc(N2C[C@@H](C)O[C@@H](C)C2)ncc1CCl. The lowest BCUT2D eigenvalue weighted by Gasteiger charge is -2.35. The van der Waals surface area contributed by atoms with Crippen molar-refractivity contribution in [3.8, 4) is 0 Å². The monoisotopic (exact) mass is 255 g/mol. The van der Waals surface area contributed by atoms with Crippen LogP contribution in [0.1, 0.15) is 25.1 Å². The Morgan fingerprint density at radius 1 is 1.41 bits per heavy atom. The minimum Gasteiger partial charge on any atom is -0.372 e. The molecule has 1 aromatic rings. The van der Waals surface area contributed by atoms with Crippen LogP contribution in [0.3, 0.4) is 0 Å². The van der Waals surface area contributed by atoms with Crippen molar-refractivity contribution in [1.82, 2.24) is 9.97 Å². The van der Waals surface area contributed by atoms with E-state index in [1.807, 2.05) is 13.1 Å². The molecule has 5 heteroatoms. The van der Waals surface area contributed by atoms with Gasteiger partial charge in [-0.3, -0.25) is 0 Å². The largest absolute Gasteiger partial charge is 0.372 e. The summed E-state index contributed by atoms with van der Waals surface area (Å²) in [5.74, 6) is 1.24. The summed E-state index contributed by atoms with van der Waals surface area (Å²) in [6, 6.07) is 0. The van der Waals surface area contributed by atoms with E-state index in [9.17, 15) is 0 Å². The summed E-state index contributed by atoms with van der Waals surface area (Å²) in [6.45, 7) is 7.79. The molecule has 2 atom stereocenters. The molecule has 94 valence electrons. The highest BCUT2D eigenvalue weighted by Gasteiger charge is 2.24. The first-order chi connectivity index (χ1) is 8.10. The molecular formula is C12H18ClN3O. The Labute approximate surface area is 107 Å². The second kappa shape index (κ2) is 5.19. The van der Waals surface area contributed by atoms with Crippen LogP contribution >= 0.6 is 11.6 Å². The molecule has 1 saturated heterocycles. The molecule has 1 aromatic heterocycles. The molecule has 0 unspecified atom stereocenters. The Kier molecular flexibility index (Phi) is 3.84. The van der Waals surface area contributed by atoms with E-state index in [4.69, 9.17) is 16.3 Å². The number of alkyl halides is 1. The van der Waals surface area contributed by atoms with Crippen LogP contribution in [0, 0.1) is 6.92 Å². The topological polar surface area (TPSA) is 38.2 Å². The predicted octanol–water partition coefficient (Wildman–Crippen LogP) is 2.14. The van der Waals surface area contributed by atoms with Crippen molar-refractivity contribution in [2.45, 2.75) is 38.9 Å². The van der Waals surface area contributed by atoms with Gasteiger partial charge in [-0.2, -0.15) is 0 Å². The van der Waals surface area contributed by atoms with Crippen LogP contribution in [0.2, 0.25) is 0 Å². The number of aryl methyl sites for hydroxylation is 1. The third-order valence-electron chi connectivity index (χ3n) is 2.91. The zero-order valence-corrected chi connectivity index (χ0v) is 11.2. The van der Waals surface area contributed by atoms with E-state index in [1.54, 1.807) is 0 Å². The zero-order valence-electron chi connectivity index (χ0n) is 10.5. The summed E-state index contributed by atoms with van der Waals surface area (Å²) in [5, 5.41) is 0. The van der Waals surface area contributed by atoms with Gasteiger partial charge in [0.1, 0.15) is 0 Å². The normalized spacial score (nSPS) is 25.1. The maximum absolute atomic E-state index is 5.80. The van der Waals surface area contributed by atoms with Gasteiger partial charge in [-0.05, 0) is 20.8 Å². The van der Waals surface area contributed by atoms with Crippen molar-refractivity contribution >= 4 is 17.5 Å². The molecule has 0 radical (unpaired) electrons. The van der Waals surface area contributed by atoms with E-state index in [0.717, 1.165) is 30.3 Å². The summed E-state index contributed by atoms with van der Waals surface area (Å²) in [7, 11) is 0. The molecule has 0 aromatic carbocycles. The number of hydrogen-bond donors (Lipinski definition) is 0. The summed E-state index contributed by atoms with van der Waals surface area (Å²) in [6.07, 6.45) is 2.25. The standard InChI is InChI=1S/C12H18ClN3O/c1-8-6-16(7-9(2)17-8)12-14-5-11(4-13)10(3)15-12/h5,8-9H,4,6-7H2,1-3H3/t8-,9+. The summed E-state index contributed by atoms with van der Waals surface area (Å²) < 4.78 is 5.69. The summed E-state index contributed by atoms with van der Waals surface area (Å²) >= 11 is 5.80. The van der Waals surface area contributed by atoms with Gasteiger partial charge in [0.25, 0.3) is 0 Å². The quantitative estimate of drug-likeness (QED) is 0.759. The van der Waals surface area contributed by atoms with Gasteiger partial charge >= 0.3 is 0 Å². The first kappa shape index (κ1) is 12.6. The van der Waals surface area contributed by atoms with E-state index in [1.165, 1.54) is 0 Å². The average Bonchev–Trinajstić information content (AvgIpc) is 2.27. The van der Waals surface area contributed by atoms with Gasteiger partial charge in [0, 0.05) is 30.5 Å². The Bertz CT molecular complexity index is 389. The fourth-order valence-electron chi connectivity index (χ4n) is 2.10. The molecule has 0 saturated carbocycles. The average molecular weight is 256 g/mol. The van der Waals surface area contributed by atoms with E-state index in [0.29, 0.717) is 5.88 Å². The van der Waals surface area contributed by atoms with Crippen molar-refractivity contribution in [3.05, 3.63) is 17.5 Å². The van der Waals surface area contributed by atoms with Crippen LogP contribution < -0.4 is 4.90 Å². The smallest absolute Gasteiger partial charge is 0.225 e. The number of morpholine rings is 1. The number of anilines is 1. The second-order valence-corrected chi connectivity index (χ2v) is 4.84. The van der Waals surface area contributed by atoms with E-state index in [-0.39, 0.29) is 12.2 Å². The van der Waals surface area contributed by atoms with Crippen molar-refractivity contribution in [3.63, 3.8) is 0 Å². The van der Waals surface area contributed by atoms with Crippen LogP contribution in [0.4, 0.5) is 5.95 Å².